The van der Waals surface area contributed by atoms with Gasteiger partial charge in [-0.05, 0) is 35.7 Å². The predicted octanol–water partition coefficient (Wildman–Crippen LogP) is 4.37. The maximum absolute atomic E-state index is 13.5. The molecule has 4 rings (SSSR count). The molecule has 2 atom stereocenters. The van der Waals surface area contributed by atoms with Crippen LogP contribution in [-0.2, 0) is 4.74 Å². The maximum atomic E-state index is 13.5. The van der Waals surface area contributed by atoms with Crippen LogP contribution in [0.15, 0.2) is 60.7 Å². The van der Waals surface area contributed by atoms with Crippen molar-refractivity contribution in [2.24, 2.45) is 0 Å². The van der Waals surface area contributed by atoms with E-state index in [9.17, 15) is 9.18 Å². The van der Waals surface area contributed by atoms with E-state index in [0.29, 0.717) is 19.0 Å². The van der Waals surface area contributed by atoms with Gasteiger partial charge in [-0.15, -0.1) is 0 Å². The van der Waals surface area contributed by atoms with Crippen molar-refractivity contribution in [3.05, 3.63) is 77.7 Å². The highest BCUT2D eigenvalue weighted by molar-refractivity contribution is 5.89. The molecule has 0 radical (unpaired) electrons. The lowest BCUT2D eigenvalue weighted by atomic mass is 9.94. The number of likely N-dealkylation sites (tertiary alicyclic amines) is 1. The summed E-state index contributed by atoms with van der Waals surface area (Å²) < 4.78 is 20.5. The van der Waals surface area contributed by atoms with Crippen LogP contribution in [0.25, 0.3) is 5.69 Å². The summed E-state index contributed by atoms with van der Waals surface area (Å²) in [4.78, 5) is 15.4. The number of aromatic nitrogens is 2. The molecule has 180 valence electrons. The Bertz CT molecular complexity index is 1080. The van der Waals surface area contributed by atoms with Crippen LogP contribution in [0.3, 0.4) is 0 Å². The van der Waals surface area contributed by atoms with Crippen LogP contribution in [0.4, 0.5) is 15.0 Å². The predicted molar refractivity (Wildman–Crippen MR) is 131 cm³/mol. The first-order chi connectivity index (χ1) is 16.4. The lowest BCUT2D eigenvalue weighted by Crippen LogP contribution is -2.42. The zero-order valence-corrected chi connectivity index (χ0v) is 19.9. The van der Waals surface area contributed by atoms with Crippen molar-refractivity contribution >= 4 is 11.8 Å². The van der Waals surface area contributed by atoms with E-state index in [1.54, 1.807) is 23.9 Å². The van der Waals surface area contributed by atoms with E-state index in [2.05, 4.69) is 29.4 Å². The normalized spacial score (nSPS) is 18.4. The molecule has 0 saturated carbocycles. The number of nitrogens with one attached hydrogen (secondary N) is 2. The standard InChI is InChI=1S/C26H32FN5O2/c1-18(2)23-15-25(32(30-23)21-7-5-4-6-8-21)29-26(33)28-24-17-31(13-14-34-3)16-22(24)19-9-11-20(27)12-10-19/h4-12,15,18,22,24H,13-14,16-17H2,1-3H3,(H2,28,29,33)/t22-,24+/m1/s1. The fourth-order valence-electron chi connectivity index (χ4n) is 4.34. The Morgan fingerprint density at radius 3 is 2.56 bits per heavy atom. The zero-order valence-electron chi connectivity index (χ0n) is 19.9. The van der Waals surface area contributed by atoms with Gasteiger partial charge in [0.15, 0.2) is 0 Å². The summed E-state index contributed by atoms with van der Waals surface area (Å²) in [7, 11) is 1.68. The van der Waals surface area contributed by atoms with Crippen LogP contribution in [0, 0.1) is 5.82 Å². The average molecular weight is 466 g/mol. The third-order valence-corrected chi connectivity index (χ3v) is 6.18. The number of halogens is 1. The van der Waals surface area contributed by atoms with Gasteiger partial charge in [0, 0.05) is 38.7 Å². The summed E-state index contributed by atoms with van der Waals surface area (Å²) in [5.74, 6) is 0.615. The molecule has 2 aromatic carbocycles. The Labute approximate surface area is 199 Å². The third-order valence-electron chi connectivity index (χ3n) is 6.18. The molecule has 0 spiro atoms. The summed E-state index contributed by atoms with van der Waals surface area (Å²) >= 11 is 0. The molecule has 0 unspecified atom stereocenters. The quantitative estimate of drug-likeness (QED) is 0.518. The SMILES string of the molecule is COCCN1C[C@H](NC(=O)Nc2cc(C(C)C)nn2-c2ccccc2)[C@@H](c2ccc(F)cc2)C1. The van der Waals surface area contributed by atoms with Gasteiger partial charge >= 0.3 is 6.03 Å². The highest BCUT2D eigenvalue weighted by Gasteiger charge is 2.34. The number of nitrogens with zero attached hydrogens (tertiary/aromatic N) is 3. The molecule has 3 aromatic rings. The molecule has 2 amide bonds. The minimum Gasteiger partial charge on any atom is -0.383 e. The number of para-hydroxylation sites is 1. The van der Waals surface area contributed by atoms with Gasteiger partial charge in [-0.25, -0.2) is 13.9 Å². The Hall–Kier alpha value is -3.23. The monoisotopic (exact) mass is 465 g/mol. The first kappa shape index (κ1) is 23.9. The van der Waals surface area contributed by atoms with Gasteiger partial charge < -0.3 is 10.1 Å². The number of hydrogen-bond donors (Lipinski definition) is 2. The number of carbonyl (C=O) groups excluding carboxylic acids is 1. The highest BCUT2D eigenvalue weighted by atomic mass is 19.1. The fourth-order valence-corrected chi connectivity index (χ4v) is 4.34. The highest BCUT2D eigenvalue weighted by Crippen LogP contribution is 2.28. The molecule has 1 aliphatic rings. The molecule has 1 saturated heterocycles. The van der Waals surface area contributed by atoms with Gasteiger partial charge in [0.25, 0.3) is 0 Å². The first-order valence-electron chi connectivity index (χ1n) is 11.6. The number of amides is 2. The summed E-state index contributed by atoms with van der Waals surface area (Å²) in [6.07, 6.45) is 0. The van der Waals surface area contributed by atoms with E-state index in [0.717, 1.165) is 30.0 Å². The van der Waals surface area contributed by atoms with Crippen LogP contribution < -0.4 is 10.6 Å². The lowest BCUT2D eigenvalue weighted by molar-refractivity contribution is 0.159. The van der Waals surface area contributed by atoms with Gasteiger partial charge in [0.1, 0.15) is 11.6 Å². The number of rotatable bonds is 8. The van der Waals surface area contributed by atoms with E-state index >= 15 is 0 Å². The molecular formula is C26H32FN5O2. The molecule has 1 aliphatic heterocycles. The van der Waals surface area contributed by atoms with Gasteiger partial charge in [-0.3, -0.25) is 10.2 Å². The van der Waals surface area contributed by atoms with Crippen molar-refractivity contribution in [1.82, 2.24) is 20.0 Å². The summed E-state index contributed by atoms with van der Waals surface area (Å²) in [6.45, 7) is 6.98. The number of hydrogen-bond acceptors (Lipinski definition) is 4. The number of anilines is 1. The Balaban J connectivity index is 1.52. The molecular weight excluding hydrogens is 433 g/mol. The van der Waals surface area contributed by atoms with E-state index in [4.69, 9.17) is 9.84 Å². The first-order valence-corrected chi connectivity index (χ1v) is 11.6. The average Bonchev–Trinajstić information content (AvgIpc) is 3.43. The lowest BCUT2D eigenvalue weighted by Gasteiger charge is -2.21. The van der Waals surface area contributed by atoms with Gasteiger partial charge in [0.05, 0.1) is 24.0 Å². The Morgan fingerprint density at radius 2 is 1.88 bits per heavy atom. The van der Waals surface area contributed by atoms with Gasteiger partial charge in [-0.2, -0.15) is 5.10 Å². The Kier molecular flexibility index (Phi) is 7.59. The minimum atomic E-state index is -0.293. The summed E-state index contributed by atoms with van der Waals surface area (Å²) in [6, 6.07) is 17.8. The van der Waals surface area contributed by atoms with Crippen LogP contribution in [0.1, 0.15) is 36.9 Å². The summed E-state index contributed by atoms with van der Waals surface area (Å²) in [5.41, 5.74) is 2.78. The number of urea groups is 1. The van der Waals surface area contributed by atoms with Gasteiger partial charge in [-0.1, -0.05) is 44.2 Å². The largest absolute Gasteiger partial charge is 0.383 e. The summed E-state index contributed by atoms with van der Waals surface area (Å²) in [5, 5.41) is 10.8. The van der Waals surface area contributed by atoms with Gasteiger partial charge in [0.2, 0.25) is 0 Å². The molecule has 2 heterocycles. The van der Waals surface area contributed by atoms with Crippen molar-refractivity contribution in [1.29, 1.82) is 0 Å². The van der Waals surface area contributed by atoms with E-state index in [1.165, 1.54) is 12.1 Å². The number of carbonyl (C=O) groups is 1. The Morgan fingerprint density at radius 1 is 1.15 bits per heavy atom. The second-order valence-electron chi connectivity index (χ2n) is 8.97. The van der Waals surface area contributed by atoms with E-state index < -0.39 is 0 Å². The second kappa shape index (κ2) is 10.8. The number of ether oxygens (including phenoxy) is 1. The molecule has 1 fully saturated rings. The second-order valence-corrected chi connectivity index (χ2v) is 8.97. The van der Waals surface area contributed by atoms with E-state index in [1.807, 2.05) is 36.4 Å². The van der Waals surface area contributed by atoms with Crippen LogP contribution in [0.2, 0.25) is 0 Å². The number of methoxy groups -OCH3 is 1. The van der Waals surface area contributed by atoms with Crippen molar-refractivity contribution in [2.75, 3.05) is 38.7 Å². The third kappa shape index (κ3) is 5.63. The molecule has 7 nitrogen and oxygen atoms in total. The molecule has 1 aromatic heterocycles. The van der Waals surface area contributed by atoms with Crippen LogP contribution in [0.5, 0.6) is 0 Å². The van der Waals surface area contributed by atoms with Crippen LogP contribution >= 0.6 is 0 Å². The van der Waals surface area contributed by atoms with Crippen molar-refractivity contribution in [3.63, 3.8) is 0 Å². The molecule has 2 N–H and O–H groups in total. The van der Waals surface area contributed by atoms with Crippen molar-refractivity contribution in [2.45, 2.75) is 31.7 Å². The molecule has 0 bridgehead atoms. The molecule has 0 aliphatic carbocycles. The minimum absolute atomic E-state index is 0.0495. The molecule has 8 heteroatoms. The fraction of sp³-hybridized carbons (Fsp3) is 0.385. The maximum Gasteiger partial charge on any atom is 0.320 e. The van der Waals surface area contributed by atoms with Crippen LogP contribution in [-0.4, -0.2) is 60.1 Å². The smallest absolute Gasteiger partial charge is 0.320 e. The molecule has 34 heavy (non-hydrogen) atoms. The van der Waals surface area contributed by atoms with Crippen molar-refractivity contribution < 1.29 is 13.9 Å². The number of benzene rings is 2. The topological polar surface area (TPSA) is 71.4 Å². The zero-order chi connectivity index (χ0) is 24.1. The van der Waals surface area contributed by atoms with Crippen molar-refractivity contribution in [3.8, 4) is 5.69 Å². The van der Waals surface area contributed by atoms with E-state index in [-0.39, 0.29) is 29.7 Å².